The molecule has 19 heavy (non-hydrogen) atoms. The molecule has 0 aliphatic rings. The van der Waals surface area contributed by atoms with Crippen molar-refractivity contribution >= 4 is 11.3 Å². The fraction of sp³-hybridized carbons (Fsp3) is 0.167. The Labute approximate surface area is 111 Å². The van der Waals surface area contributed by atoms with Crippen molar-refractivity contribution in [3.8, 4) is 11.8 Å². The number of rotatable bonds is 2. The Morgan fingerprint density at radius 1 is 1.47 bits per heavy atom. The topological polar surface area (TPSA) is 80.9 Å². The van der Waals surface area contributed by atoms with Gasteiger partial charge in [0.25, 0.3) is 5.56 Å². The van der Waals surface area contributed by atoms with Gasteiger partial charge in [0.2, 0.25) is 5.82 Å². The molecule has 0 spiro atoms. The maximum Gasteiger partial charge on any atom is 0.328 e. The number of hydrogen-bond acceptors (Lipinski definition) is 4. The van der Waals surface area contributed by atoms with Crippen LogP contribution in [0, 0.1) is 17.7 Å². The summed E-state index contributed by atoms with van der Waals surface area (Å²) in [6.07, 6.45) is 0.895. The van der Waals surface area contributed by atoms with Gasteiger partial charge in [-0.2, -0.15) is 4.39 Å². The number of thiophene rings is 1. The molecule has 0 saturated carbocycles. The largest absolute Gasteiger partial charge is 0.328 e. The Bertz CT molecular complexity index is 764. The third-order valence-electron chi connectivity index (χ3n) is 2.28. The van der Waals surface area contributed by atoms with E-state index in [0.29, 0.717) is 0 Å². The van der Waals surface area contributed by atoms with Crippen LogP contribution in [0.5, 0.6) is 0 Å². The molecule has 3 N–H and O–H groups in total. The van der Waals surface area contributed by atoms with E-state index in [0.717, 1.165) is 21.2 Å². The van der Waals surface area contributed by atoms with Gasteiger partial charge < -0.3 is 5.73 Å². The Hall–Kier alpha value is -2.17. The summed E-state index contributed by atoms with van der Waals surface area (Å²) in [6.45, 7) is 0.456. The second kappa shape index (κ2) is 5.65. The van der Waals surface area contributed by atoms with Gasteiger partial charge in [0.1, 0.15) is 0 Å². The highest BCUT2D eigenvalue weighted by molar-refractivity contribution is 7.10. The van der Waals surface area contributed by atoms with Crippen LogP contribution in [0.25, 0.3) is 0 Å². The smallest absolute Gasteiger partial charge is 0.320 e. The second-order valence-electron chi connectivity index (χ2n) is 3.67. The van der Waals surface area contributed by atoms with Crippen LogP contribution in [0.4, 0.5) is 4.39 Å². The zero-order valence-electron chi connectivity index (χ0n) is 9.77. The van der Waals surface area contributed by atoms with Crippen molar-refractivity contribution in [1.29, 1.82) is 0 Å². The average molecular weight is 279 g/mol. The molecule has 5 nitrogen and oxygen atoms in total. The summed E-state index contributed by atoms with van der Waals surface area (Å²) < 4.78 is 14.2. The van der Waals surface area contributed by atoms with Crippen LogP contribution in [-0.2, 0) is 6.54 Å². The van der Waals surface area contributed by atoms with Gasteiger partial charge in [-0.15, -0.1) is 11.3 Å². The van der Waals surface area contributed by atoms with E-state index in [9.17, 15) is 14.0 Å². The van der Waals surface area contributed by atoms with Gasteiger partial charge in [0.15, 0.2) is 0 Å². The number of halogens is 1. The van der Waals surface area contributed by atoms with Crippen molar-refractivity contribution < 1.29 is 4.39 Å². The Kier molecular flexibility index (Phi) is 3.94. The number of H-pyrrole nitrogens is 1. The molecular weight excluding hydrogens is 269 g/mol. The Morgan fingerprint density at radius 3 is 3.00 bits per heavy atom. The number of nitrogens with two attached hydrogens (primary N) is 1. The summed E-state index contributed by atoms with van der Waals surface area (Å²) in [5, 5.41) is 1.82. The number of nitrogens with one attached hydrogen (secondary N) is 1. The first-order valence-corrected chi connectivity index (χ1v) is 6.23. The first-order valence-electron chi connectivity index (χ1n) is 5.36. The lowest BCUT2D eigenvalue weighted by Crippen LogP contribution is -2.31. The third-order valence-corrected chi connectivity index (χ3v) is 3.20. The molecule has 0 amide bonds. The molecule has 2 aromatic heterocycles. The highest BCUT2D eigenvalue weighted by atomic mass is 32.1. The fourth-order valence-corrected chi connectivity index (χ4v) is 2.26. The quantitative estimate of drug-likeness (QED) is 0.765. The normalized spacial score (nSPS) is 10.0. The third kappa shape index (κ3) is 3.19. The molecule has 2 heterocycles. The number of aromatic amines is 1. The monoisotopic (exact) mass is 279 g/mol. The van der Waals surface area contributed by atoms with Crippen LogP contribution in [0.1, 0.15) is 10.4 Å². The van der Waals surface area contributed by atoms with E-state index < -0.39 is 17.1 Å². The summed E-state index contributed by atoms with van der Waals surface area (Å²) in [5.41, 5.74) is 4.40. The molecule has 2 rings (SSSR count). The van der Waals surface area contributed by atoms with E-state index in [2.05, 4.69) is 11.8 Å². The van der Waals surface area contributed by atoms with Crippen LogP contribution in [-0.4, -0.2) is 16.1 Å². The van der Waals surface area contributed by atoms with Crippen molar-refractivity contribution in [2.75, 3.05) is 6.54 Å². The van der Waals surface area contributed by atoms with Crippen LogP contribution < -0.4 is 17.0 Å². The van der Waals surface area contributed by atoms with E-state index in [1.165, 1.54) is 11.3 Å². The molecule has 0 saturated heterocycles. The first kappa shape index (κ1) is 13.3. The predicted molar refractivity (Wildman–Crippen MR) is 70.6 cm³/mol. The summed E-state index contributed by atoms with van der Waals surface area (Å²) >= 11 is 1.40. The van der Waals surface area contributed by atoms with Gasteiger partial charge in [0.05, 0.1) is 19.3 Å². The summed E-state index contributed by atoms with van der Waals surface area (Å²) in [5.74, 6) is 4.59. The molecular formula is C12H10FN3O2S. The molecule has 0 aliphatic heterocycles. The molecule has 0 radical (unpaired) electrons. The number of aromatic nitrogens is 2. The highest BCUT2D eigenvalue weighted by Crippen LogP contribution is 2.14. The van der Waals surface area contributed by atoms with Crippen LogP contribution in [0.3, 0.4) is 0 Å². The van der Waals surface area contributed by atoms with Crippen molar-refractivity contribution in [1.82, 2.24) is 9.55 Å². The Balaban J connectivity index is 2.27. The van der Waals surface area contributed by atoms with Gasteiger partial charge >= 0.3 is 5.69 Å². The van der Waals surface area contributed by atoms with E-state index in [1.807, 2.05) is 10.4 Å². The predicted octanol–water partition coefficient (Wildman–Crippen LogP) is 0.0957. The molecule has 0 aliphatic carbocycles. The van der Waals surface area contributed by atoms with Crippen molar-refractivity contribution in [3.63, 3.8) is 0 Å². The highest BCUT2D eigenvalue weighted by Gasteiger charge is 2.05. The average Bonchev–Trinajstić information content (AvgIpc) is 2.81. The number of nitrogens with zero attached hydrogens (tertiary/aromatic N) is 1. The maximum atomic E-state index is 13.1. The van der Waals surface area contributed by atoms with Crippen molar-refractivity contribution in [2.45, 2.75) is 6.54 Å². The van der Waals surface area contributed by atoms with Crippen LogP contribution in [0.2, 0.25) is 0 Å². The van der Waals surface area contributed by atoms with Crippen LogP contribution >= 0.6 is 11.3 Å². The van der Waals surface area contributed by atoms with Crippen LogP contribution in [0.15, 0.2) is 27.2 Å². The fourth-order valence-electron chi connectivity index (χ4n) is 1.45. The minimum absolute atomic E-state index is 0.182. The van der Waals surface area contributed by atoms with E-state index in [-0.39, 0.29) is 13.1 Å². The van der Waals surface area contributed by atoms with Gasteiger partial charge in [-0.25, -0.2) is 4.79 Å². The second-order valence-corrected chi connectivity index (χ2v) is 4.67. The zero-order valence-corrected chi connectivity index (χ0v) is 10.6. The van der Waals surface area contributed by atoms with Crippen molar-refractivity contribution in [3.05, 3.63) is 54.7 Å². The SMILES string of the molecule is NCC#Cc1csc(Cn2cc(F)c(=O)[nH]c2=O)c1. The molecule has 2 aromatic rings. The Morgan fingerprint density at radius 2 is 2.26 bits per heavy atom. The van der Waals surface area contributed by atoms with E-state index in [1.54, 1.807) is 6.07 Å². The summed E-state index contributed by atoms with van der Waals surface area (Å²) in [7, 11) is 0. The lowest BCUT2D eigenvalue weighted by atomic mass is 10.3. The molecule has 0 aromatic carbocycles. The maximum absolute atomic E-state index is 13.1. The number of hydrogen-bond donors (Lipinski definition) is 2. The molecule has 0 atom stereocenters. The summed E-state index contributed by atoms with van der Waals surface area (Å²) in [4.78, 5) is 25.1. The van der Waals surface area contributed by atoms with Gasteiger partial charge in [-0.1, -0.05) is 11.8 Å². The standard InChI is InChI=1S/C12H10FN3O2S/c13-10-6-16(12(18)15-11(10)17)5-9-4-8(7-19-9)2-1-3-14/h4,6-7H,3,5,14H2,(H,15,17,18). The molecule has 7 heteroatoms. The first-order chi connectivity index (χ1) is 9.10. The van der Waals surface area contributed by atoms with E-state index >= 15 is 0 Å². The lowest BCUT2D eigenvalue weighted by Gasteiger charge is -2.01. The molecule has 0 bridgehead atoms. The summed E-state index contributed by atoms with van der Waals surface area (Å²) in [6, 6.07) is 1.79. The molecule has 98 valence electrons. The molecule has 0 fully saturated rings. The van der Waals surface area contributed by atoms with Gasteiger partial charge in [-0.05, 0) is 6.07 Å². The van der Waals surface area contributed by atoms with E-state index in [4.69, 9.17) is 5.73 Å². The minimum atomic E-state index is -1.01. The lowest BCUT2D eigenvalue weighted by molar-refractivity contribution is 0.567. The molecule has 0 unspecified atom stereocenters. The van der Waals surface area contributed by atoms with Gasteiger partial charge in [-0.3, -0.25) is 14.3 Å². The minimum Gasteiger partial charge on any atom is -0.320 e. The zero-order chi connectivity index (χ0) is 13.8. The van der Waals surface area contributed by atoms with Gasteiger partial charge in [0, 0.05) is 15.8 Å². The van der Waals surface area contributed by atoms with Crippen molar-refractivity contribution in [2.24, 2.45) is 5.73 Å².